The van der Waals surface area contributed by atoms with Crippen molar-refractivity contribution < 1.29 is 8.82 Å². The number of halogens is 1. The van der Waals surface area contributed by atoms with Crippen molar-refractivity contribution >= 4 is 13.9 Å². The zero-order chi connectivity index (χ0) is 16.3. The minimum Gasteiger partial charge on any atom is -0.412 e. The van der Waals surface area contributed by atoms with Crippen LogP contribution in [0, 0.1) is 5.82 Å². The van der Waals surface area contributed by atoms with Crippen molar-refractivity contribution in [2.75, 3.05) is 0 Å². The van der Waals surface area contributed by atoms with E-state index in [1.165, 1.54) is 0 Å². The fraction of sp³-hybridized carbons (Fsp3) is 0.556. The molecule has 0 saturated carbocycles. The molecule has 0 aromatic heterocycles. The first-order chi connectivity index (χ1) is 9.60. The molecule has 0 radical (unpaired) electrons. The summed E-state index contributed by atoms with van der Waals surface area (Å²) in [7, 11) is -1.85. The molecule has 0 bridgehead atoms. The van der Waals surface area contributed by atoms with E-state index in [4.69, 9.17) is 4.43 Å². The Balaban J connectivity index is 2.97. The first-order valence-electron chi connectivity index (χ1n) is 7.68. The van der Waals surface area contributed by atoms with Crippen LogP contribution in [0.15, 0.2) is 24.3 Å². The van der Waals surface area contributed by atoms with Crippen molar-refractivity contribution in [1.29, 1.82) is 0 Å². The standard InChI is InChI=1S/C18H29FOSi/c1-8-10-14(2)16-12-9-11-15(17(16)19)13-20-21(6,7)18(3,4)5/h9-12H,8,13H2,1-7H3. The summed E-state index contributed by atoms with van der Waals surface area (Å²) < 4.78 is 20.7. The first-order valence-corrected chi connectivity index (χ1v) is 10.6. The Morgan fingerprint density at radius 1 is 1.29 bits per heavy atom. The van der Waals surface area contributed by atoms with Gasteiger partial charge in [0.25, 0.3) is 0 Å². The van der Waals surface area contributed by atoms with E-state index < -0.39 is 8.32 Å². The van der Waals surface area contributed by atoms with Crippen LogP contribution in [0.5, 0.6) is 0 Å². The van der Waals surface area contributed by atoms with Crippen molar-refractivity contribution in [2.45, 2.75) is 65.8 Å². The maximum atomic E-state index is 14.6. The molecule has 0 amide bonds. The van der Waals surface area contributed by atoms with Crippen LogP contribution in [0.3, 0.4) is 0 Å². The summed E-state index contributed by atoms with van der Waals surface area (Å²) in [6.45, 7) is 15.3. The predicted octanol–water partition coefficient (Wildman–Crippen LogP) is 6.16. The molecular formula is C18H29FOSi. The van der Waals surface area contributed by atoms with E-state index in [2.05, 4.69) is 46.9 Å². The third-order valence-corrected chi connectivity index (χ3v) is 8.89. The van der Waals surface area contributed by atoms with E-state index in [0.29, 0.717) is 17.7 Å². The lowest BCUT2D eigenvalue weighted by atomic mass is 10.0. The lowest BCUT2D eigenvalue weighted by Crippen LogP contribution is -2.40. The second-order valence-electron chi connectivity index (χ2n) is 7.12. The van der Waals surface area contributed by atoms with E-state index in [0.717, 1.165) is 12.0 Å². The summed E-state index contributed by atoms with van der Waals surface area (Å²) >= 11 is 0. The highest BCUT2D eigenvalue weighted by atomic mass is 28.4. The highest BCUT2D eigenvalue weighted by Crippen LogP contribution is 2.37. The van der Waals surface area contributed by atoms with Gasteiger partial charge in [0, 0.05) is 11.1 Å². The molecule has 3 heteroatoms. The van der Waals surface area contributed by atoms with E-state index in [1.54, 1.807) is 0 Å². The number of hydrogen-bond acceptors (Lipinski definition) is 1. The summed E-state index contributed by atoms with van der Waals surface area (Å²) in [6.07, 6.45) is 2.97. The molecule has 0 heterocycles. The van der Waals surface area contributed by atoms with Crippen molar-refractivity contribution in [2.24, 2.45) is 0 Å². The largest absolute Gasteiger partial charge is 0.412 e. The van der Waals surface area contributed by atoms with Crippen LogP contribution in [0.25, 0.3) is 5.57 Å². The molecule has 0 unspecified atom stereocenters. The summed E-state index contributed by atoms with van der Waals surface area (Å²) in [5.41, 5.74) is 2.33. The highest BCUT2D eigenvalue weighted by molar-refractivity contribution is 6.74. The molecule has 0 spiro atoms. The van der Waals surface area contributed by atoms with Gasteiger partial charge in [0.05, 0.1) is 6.61 Å². The normalized spacial score (nSPS) is 13.6. The van der Waals surface area contributed by atoms with E-state index in [-0.39, 0.29) is 10.9 Å². The smallest absolute Gasteiger partial charge is 0.192 e. The highest BCUT2D eigenvalue weighted by Gasteiger charge is 2.37. The summed E-state index contributed by atoms with van der Waals surface area (Å²) in [4.78, 5) is 0. The van der Waals surface area contributed by atoms with Gasteiger partial charge in [-0.2, -0.15) is 0 Å². The molecule has 118 valence electrons. The van der Waals surface area contributed by atoms with Gasteiger partial charge in [-0.25, -0.2) is 4.39 Å². The van der Waals surface area contributed by atoms with Crippen LogP contribution in [0.4, 0.5) is 4.39 Å². The molecule has 1 aromatic carbocycles. The van der Waals surface area contributed by atoms with Crippen LogP contribution in [-0.4, -0.2) is 8.32 Å². The third-order valence-electron chi connectivity index (χ3n) is 4.41. The molecule has 1 nitrogen and oxygen atoms in total. The molecule has 0 aliphatic carbocycles. The van der Waals surface area contributed by atoms with Crippen molar-refractivity contribution in [3.05, 3.63) is 41.2 Å². The van der Waals surface area contributed by atoms with Crippen molar-refractivity contribution in [3.8, 4) is 0 Å². The molecule has 0 fully saturated rings. The van der Waals surface area contributed by atoms with E-state index in [1.807, 2.05) is 25.1 Å². The fourth-order valence-electron chi connectivity index (χ4n) is 1.89. The minimum atomic E-state index is -1.85. The third kappa shape index (κ3) is 4.52. The number of rotatable bonds is 5. The summed E-state index contributed by atoms with van der Waals surface area (Å²) in [5.74, 6) is -0.140. The molecule has 0 saturated heterocycles. The number of benzene rings is 1. The maximum absolute atomic E-state index is 14.6. The zero-order valence-electron chi connectivity index (χ0n) is 14.5. The molecular weight excluding hydrogens is 279 g/mol. The topological polar surface area (TPSA) is 9.23 Å². The van der Waals surface area contributed by atoms with Gasteiger partial charge in [0.2, 0.25) is 0 Å². The molecule has 21 heavy (non-hydrogen) atoms. The van der Waals surface area contributed by atoms with Gasteiger partial charge < -0.3 is 4.43 Å². The van der Waals surface area contributed by atoms with Gasteiger partial charge in [-0.15, -0.1) is 0 Å². The molecule has 0 atom stereocenters. The van der Waals surface area contributed by atoms with Crippen LogP contribution in [-0.2, 0) is 11.0 Å². The predicted molar refractivity (Wildman–Crippen MR) is 92.3 cm³/mol. The Bertz CT molecular complexity index is 512. The Hall–Kier alpha value is -0.933. The minimum absolute atomic E-state index is 0.138. The molecule has 0 aliphatic heterocycles. The van der Waals surface area contributed by atoms with Crippen LogP contribution >= 0.6 is 0 Å². The Labute approximate surface area is 130 Å². The SMILES string of the molecule is CCC=C(C)c1cccc(CO[Si](C)(C)C(C)(C)C)c1F. The van der Waals surface area contributed by atoms with Gasteiger partial charge in [-0.1, -0.05) is 52.0 Å². The lowest BCUT2D eigenvalue weighted by Gasteiger charge is -2.36. The number of hydrogen-bond donors (Lipinski definition) is 0. The van der Waals surface area contributed by atoms with Gasteiger partial charge in [0.1, 0.15) is 5.82 Å². The Kier molecular flexibility index (Phi) is 5.94. The van der Waals surface area contributed by atoms with Crippen molar-refractivity contribution in [3.63, 3.8) is 0 Å². The van der Waals surface area contributed by atoms with Gasteiger partial charge in [-0.05, 0) is 37.0 Å². The van der Waals surface area contributed by atoms with Crippen molar-refractivity contribution in [1.82, 2.24) is 0 Å². The second-order valence-corrected chi connectivity index (χ2v) is 11.9. The van der Waals surface area contributed by atoms with Gasteiger partial charge in [0.15, 0.2) is 8.32 Å². The zero-order valence-corrected chi connectivity index (χ0v) is 15.5. The fourth-order valence-corrected chi connectivity index (χ4v) is 2.84. The quantitative estimate of drug-likeness (QED) is 0.592. The van der Waals surface area contributed by atoms with E-state index >= 15 is 0 Å². The maximum Gasteiger partial charge on any atom is 0.192 e. The van der Waals surface area contributed by atoms with Crippen LogP contribution < -0.4 is 0 Å². The van der Waals surface area contributed by atoms with Gasteiger partial charge >= 0.3 is 0 Å². The van der Waals surface area contributed by atoms with Crippen LogP contribution in [0.1, 0.15) is 52.2 Å². The lowest BCUT2D eigenvalue weighted by molar-refractivity contribution is 0.271. The first kappa shape index (κ1) is 18.1. The average molecular weight is 309 g/mol. The molecule has 0 aliphatic rings. The average Bonchev–Trinajstić information content (AvgIpc) is 2.36. The van der Waals surface area contributed by atoms with Gasteiger partial charge in [-0.3, -0.25) is 0 Å². The monoisotopic (exact) mass is 308 g/mol. The van der Waals surface area contributed by atoms with E-state index in [9.17, 15) is 4.39 Å². The van der Waals surface area contributed by atoms with Crippen LogP contribution in [0.2, 0.25) is 18.1 Å². The summed E-state index contributed by atoms with van der Waals surface area (Å²) in [5, 5.41) is 0.138. The second kappa shape index (κ2) is 6.88. The molecule has 1 rings (SSSR count). The number of allylic oxidation sites excluding steroid dienone is 2. The molecule has 1 aromatic rings. The Morgan fingerprint density at radius 2 is 1.90 bits per heavy atom. The Morgan fingerprint density at radius 3 is 2.43 bits per heavy atom. The summed E-state index contributed by atoms with van der Waals surface area (Å²) in [6, 6.07) is 5.58. The molecule has 0 N–H and O–H groups in total.